The number of fused-ring (bicyclic) bond motifs is 1. The number of carbonyl (C=O) groups excluding carboxylic acids is 2. The Hall–Kier alpha value is -1.49. The van der Waals surface area contributed by atoms with Crippen LogP contribution >= 0.6 is 11.8 Å². The van der Waals surface area contributed by atoms with Crippen LogP contribution in [0.2, 0.25) is 0 Å². The number of benzene rings is 1. The molecule has 4 nitrogen and oxygen atoms in total. The average molecular weight is 248 g/mol. The van der Waals surface area contributed by atoms with E-state index in [1.807, 2.05) is 18.2 Å². The first kappa shape index (κ1) is 10.7. The maximum absolute atomic E-state index is 11.6. The minimum absolute atomic E-state index is 0.00756. The third-order valence-electron chi connectivity index (χ3n) is 2.83. The van der Waals surface area contributed by atoms with Crippen LogP contribution in [0.4, 0.5) is 11.4 Å². The molecule has 2 aliphatic rings. The van der Waals surface area contributed by atoms with Gasteiger partial charge in [0, 0.05) is 16.5 Å². The summed E-state index contributed by atoms with van der Waals surface area (Å²) in [6.45, 7) is 0. The standard InChI is InChI=1S/C12H12N2O2S/c15-11-6-17-10-4-3-8(5-9(10)14-11)13-12(16)7-1-2-7/h3-5,7H,1-2,6H2,(H,13,16)(H,14,15). The number of hydrogen-bond donors (Lipinski definition) is 2. The lowest BCUT2D eigenvalue weighted by atomic mass is 10.2. The van der Waals surface area contributed by atoms with Crippen molar-refractivity contribution in [2.45, 2.75) is 17.7 Å². The first-order chi connectivity index (χ1) is 8.22. The summed E-state index contributed by atoms with van der Waals surface area (Å²) in [7, 11) is 0. The third-order valence-corrected chi connectivity index (χ3v) is 3.90. The van der Waals surface area contributed by atoms with Crippen LogP contribution < -0.4 is 10.6 Å². The first-order valence-electron chi connectivity index (χ1n) is 5.60. The Morgan fingerprint density at radius 1 is 1.41 bits per heavy atom. The molecule has 1 fully saturated rings. The summed E-state index contributed by atoms with van der Waals surface area (Å²) in [5.74, 6) is 0.740. The molecule has 88 valence electrons. The van der Waals surface area contributed by atoms with Gasteiger partial charge in [-0.15, -0.1) is 11.8 Å². The second-order valence-corrected chi connectivity index (χ2v) is 5.33. The predicted molar refractivity (Wildman–Crippen MR) is 67.1 cm³/mol. The van der Waals surface area contributed by atoms with Crippen LogP contribution in [-0.2, 0) is 9.59 Å². The highest BCUT2D eigenvalue weighted by molar-refractivity contribution is 8.00. The normalized spacial score (nSPS) is 18.2. The summed E-state index contributed by atoms with van der Waals surface area (Å²) in [4.78, 5) is 23.9. The van der Waals surface area contributed by atoms with E-state index >= 15 is 0 Å². The first-order valence-corrected chi connectivity index (χ1v) is 6.58. The van der Waals surface area contributed by atoms with Gasteiger partial charge < -0.3 is 10.6 Å². The molecule has 0 bridgehead atoms. The number of nitrogens with one attached hydrogen (secondary N) is 2. The van der Waals surface area contributed by atoms with E-state index in [1.165, 1.54) is 11.8 Å². The lowest BCUT2D eigenvalue weighted by molar-refractivity contribution is -0.117. The highest BCUT2D eigenvalue weighted by atomic mass is 32.2. The van der Waals surface area contributed by atoms with Gasteiger partial charge in [0.1, 0.15) is 0 Å². The Morgan fingerprint density at radius 3 is 3.00 bits per heavy atom. The quantitative estimate of drug-likeness (QED) is 0.842. The fourth-order valence-corrected chi connectivity index (χ4v) is 2.54. The summed E-state index contributed by atoms with van der Waals surface area (Å²) in [5, 5.41) is 5.68. The van der Waals surface area contributed by atoms with Crippen LogP contribution in [0.1, 0.15) is 12.8 Å². The van der Waals surface area contributed by atoms with E-state index in [9.17, 15) is 9.59 Å². The molecule has 1 aliphatic carbocycles. The minimum Gasteiger partial charge on any atom is -0.326 e. The summed E-state index contributed by atoms with van der Waals surface area (Å²) in [5.41, 5.74) is 1.54. The molecule has 0 atom stereocenters. The lowest BCUT2D eigenvalue weighted by Gasteiger charge is -2.17. The molecular weight excluding hydrogens is 236 g/mol. The maximum Gasteiger partial charge on any atom is 0.234 e. The van der Waals surface area contributed by atoms with Crippen molar-refractivity contribution in [2.75, 3.05) is 16.4 Å². The molecule has 0 aromatic heterocycles. The van der Waals surface area contributed by atoms with E-state index in [1.54, 1.807) is 0 Å². The Labute approximate surface area is 103 Å². The van der Waals surface area contributed by atoms with Crippen molar-refractivity contribution in [1.29, 1.82) is 0 Å². The van der Waals surface area contributed by atoms with Crippen molar-refractivity contribution in [2.24, 2.45) is 5.92 Å². The second kappa shape index (κ2) is 4.07. The van der Waals surface area contributed by atoms with E-state index < -0.39 is 0 Å². The average Bonchev–Trinajstić information content (AvgIpc) is 3.12. The largest absolute Gasteiger partial charge is 0.326 e. The fraction of sp³-hybridized carbons (Fsp3) is 0.333. The van der Waals surface area contributed by atoms with Crippen LogP contribution in [0.25, 0.3) is 0 Å². The Kier molecular flexibility index (Phi) is 2.55. The van der Waals surface area contributed by atoms with Gasteiger partial charge in [0.2, 0.25) is 11.8 Å². The Morgan fingerprint density at radius 2 is 2.24 bits per heavy atom. The van der Waals surface area contributed by atoms with Gasteiger partial charge >= 0.3 is 0 Å². The molecule has 1 saturated carbocycles. The molecular formula is C12H12N2O2S. The molecule has 0 radical (unpaired) electrons. The highest BCUT2D eigenvalue weighted by Gasteiger charge is 2.29. The molecule has 2 N–H and O–H groups in total. The highest BCUT2D eigenvalue weighted by Crippen LogP contribution is 2.34. The van der Waals surface area contributed by atoms with Crippen LogP contribution in [0.5, 0.6) is 0 Å². The van der Waals surface area contributed by atoms with Gasteiger partial charge in [-0.3, -0.25) is 9.59 Å². The molecule has 1 heterocycles. The maximum atomic E-state index is 11.6. The zero-order valence-electron chi connectivity index (χ0n) is 9.16. The number of amides is 2. The third kappa shape index (κ3) is 2.29. The minimum atomic E-state index is 0.00756. The van der Waals surface area contributed by atoms with Crippen LogP contribution in [-0.4, -0.2) is 17.6 Å². The number of thioether (sulfide) groups is 1. The SMILES string of the molecule is O=C1CSc2ccc(NC(=O)C3CC3)cc2N1. The van der Waals surface area contributed by atoms with E-state index in [-0.39, 0.29) is 17.7 Å². The molecule has 3 rings (SSSR count). The van der Waals surface area contributed by atoms with Gasteiger partial charge in [0.25, 0.3) is 0 Å². The predicted octanol–water partition coefficient (Wildman–Crippen LogP) is 2.08. The zero-order valence-corrected chi connectivity index (χ0v) is 9.97. The van der Waals surface area contributed by atoms with Gasteiger partial charge in [-0.2, -0.15) is 0 Å². The molecule has 17 heavy (non-hydrogen) atoms. The van der Waals surface area contributed by atoms with E-state index in [0.29, 0.717) is 5.75 Å². The van der Waals surface area contributed by atoms with Crippen molar-refractivity contribution in [1.82, 2.24) is 0 Å². The zero-order chi connectivity index (χ0) is 11.8. The second-order valence-electron chi connectivity index (χ2n) is 4.31. The Bertz CT molecular complexity index is 497. The van der Waals surface area contributed by atoms with Crippen molar-refractivity contribution < 1.29 is 9.59 Å². The molecule has 1 aliphatic heterocycles. The smallest absolute Gasteiger partial charge is 0.234 e. The van der Waals surface area contributed by atoms with Gasteiger partial charge in [0.15, 0.2) is 0 Å². The molecule has 0 unspecified atom stereocenters. The van der Waals surface area contributed by atoms with E-state index in [2.05, 4.69) is 10.6 Å². The van der Waals surface area contributed by atoms with Crippen LogP contribution in [0.3, 0.4) is 0 Å². The van der Waals surface area contributed by atoms with Gasteiger partial charge in [-0.05, 0) is 31.0 Å². The van der Waals surface area contributed by atoms with Crippen LogP contribution in [0.15, 0.2) is 23.1 Å². The Balaban J connectivity index is 1.79. The number of carbonyl (C=O) groups is 2. The van der Waals surface area contributed by atoms with Gasteiger partial charge in [-0.25, -0.2) is 0 Å². The molecule has 0 saturated heterocycles. The van der Waals surface area contributed by atoms with Crippen molar-refractivity contribution in [3.63, 3.8) is 0 Å². The lowest BCUT2D eigenvalue weighted by Crippen LogP contribution is -2.19. The summed E-state index contributed by atoms with van der Waals surface area (Å²) >= 11 is 1.52. The van der Waals surface area contributed by atoms with Crippen molar-refractivity contribution >= 4 is 35.0 Å². The topological polar surface area (TPSA) is 58.2 Å². The molecule has 2 amide bonds. The molecule has 1 aromatic rings. The fourth-order valence-electron chi connectivity index (χ4n) is 1.75. The summed E-state index contributed by atoms with van der Waals surface area (Å²) < 4.78 is 0. The van der Waals surface area contributed by atoms with E-state index in [4.69, 9.17) is 0 Å². The van der Waals surface area contributed by atoms with Crippen LogP contribution in [0, 0.1) is 5.92 Å². The number of hydrogen-bond acceptors (Lipinski definition) is 3. The van der Waals surface area contributed by atoms with Gasteiger partial charge in [0.05, 0.1) is 11.4 Å². The molecule has 1 aromatic carbocycles. The number of anilines is 2. The monoisotopic (exact) mass is 248 g/mol. The molecule has 5 heteroatoms. The van der Waals surface area contributed by atoms with Crippen molar-refractivity contribution in [3.8, 4) is 0 Å². The van der Waals surface area contributed by atoms with Gasteiger partial charge in [-0.1, -0.05) is 0 Å². The molecule has 0 spiro atoms. The summed E-state index contributed by atoms with van der Waals surface area (Å²) in [6, 6.07) is 5.63. The van der Waals surface area contributed by atoms with E-state index in [0.717, 1.165) is 29.1 Å². The van der Waals surface area contributed by atoms with Crippen molar-refractivity contribution in [3.05, 3.63) is 18.2 Å². The number of rotatable bonds is 2. The summed E-state index contributed by atoms with van der Waals surface area (Å²) in [6.07, 6.45) is 1.98.